The van der Waals surface area contributed by atoms with Gasteiger partial charge in [-0.15, -0.1) is 0 Å². The van der Waals surface area contributed by atoms with Crippen LogP contribution >= 0.6 is 15.9 Å². The van der Waals surface area contributed by atoms with Gasteiger partial charge in [-0.1, -0.05) is 22.0 Å². The molecule has 94 valence electrons. The topological polar surface area (TPSA) is 32.3 Å². The summed E-state index contributed by atoms with van der Waals surface area (Å²) in [5.74, 6) is 0.0711. The second-order valence-corrected chi connectivity index (χ2v) is 5.00. The maximum atomic E-state index is 12.1. The Bertz CT molecular complexity index is 393. The van der Waals surface area contributed by atoms with E-state index in [4.69, 9.17) is 0 Å². The number of carbonyl (C=O) groups is 1. The Kier molecular flexibility index (Phi) is 5.65. The van der Waals surface area contributed by atoms with Crippen molar-refractivity contribution < 1.29 is 4.79 Å². The molecule has 0 saturated heterocycles. The molecule has 1 aromatic carbocycles. The van der Waals surface area contributed by atoms with Gasteiger partial charge in [-0.3, -0.25) is 4.79 Å². The lowest BCUT2D eigenvalue weighted by atomic mass is 10.1. The normalized spacial score (nSPS) is 10.4. The van der Waals surface area contributed by atoms with Gasteiger partial charge in [0.1, 0.15) is 0 Å². The first kappa shape index (κ1) is 14.2. The fourth-order valence-electron chi connectivity index (χ4n) is 1.54. The second-order valence-electron chi connectivity index (χ2n) is 4.15. The highest BCUT2D eigenvalue weighted by Gasteiger charge is 2.11. The fraction of sp³-hybridized carbons (Fsp3) is 0.462. The van der Waals surface area contributed by atoms with Gasteiger partial charge in [0.15, 0.2) is 0 Å². The van der Waals surface area contributed by atoms with Crippen LogP contribution in [0.3, 0.4) is 0 Å². The summed E-state index contributed by atoms with van der Waals surface area (Å²) in [7, 11) is 3.75. The number of rotatable bonds is 5. The van der Waals surface area contributed by atoms with E-state index in [-0.39, 0.29) is 5.91 Å². The van der Waals surface area contributed by atoms with Crippen molar-refractivity contribution in [3.8, 4) is 0 Å². The SMILES string of the molecule is CNCCCN(C)C(=O)c1ccc(C)c(Br)c1. The zero-order valence-electron chi connectivity index (χ0n) is 10.6. The maximum absolute atomic E-state index is 12.1. The minimum Gasteiger partial charge on any atom is -0.342 e. The summed E-state index contributed by atoms with van der Waals surface area (Å²) in [5, 5.41) is 3.07. The van der Waals surface area contributed by atoms with Gasteiger partial charge in [0.2, 0.25) is 0 Å². The van der Waals surface area contributed by atoms with Crippen LogP contribution in [0.2, 0.25) is 0 Å². The van der Waals surface area contributed by atoms with E-state index in [1.807, 2.05) is 39.2 Å². The third kappa shape index (κ3) is 4.13. The molecule has 0 aliphatic heterocycles. The van der Waals surface area contributed by atoms with E-state index in [0.29, 0.717) is 0 Å². The molecule has 1 amide bonds. The van der Waals surface area contributed by atoms with E-state index in [2.05, 4.69) is 21.2 Å². The number of halogens is 1. The molecule has 0 heterocycles. The van der Waals surface area contributed by atoms with Crippen LogP contribution in [0.15, 0.2) is 22.7 Å². The molecule has 0 fully saturated rings. The molecule has 0 radical (unpaired) electrons. The molecule has 0 bridgehead atoms. The van der Waals surface area contributed by atoms with Crippen molar-refractivity contribution in [3.63, 3.8) is 0 Å². The molecule has 1 rings (SSSR count). The van der Waals surface area contributed by atoms with E-state index in [0.717, 1.165) is 35.1 Å². The summed E-state index contributed by atoms with van der Waals surface area (Å²) in [5.41, 5.74) is 1.87. The molecule has 0 spiro atoms. The van der Waals surface area contributed by atoms with Crippen LogP contribution in [0, 0.1) is 6.92 Å². The first-order chi connectivity index (χ1) is 8.06. The highest BCUT2D eigenvalue weighted by Crippen LogP contribution is 2.18. The molecule has 17 heavy (non-hydrogen) atoms. The zero-order valence-corrected chi connectivity index (χ0v) is 12.2. The molecular formula is C13H19BrN2O. The molecule has 4 heteroatoms. The van der Waals surface area contributed by atoms with Crippen LogP contribution < -0.4 is 5.32 Å². The van der Waals surface area contributed by atoms with E-state index < -0.39 is 0 Å². The zero-order chi connectivity index (χ0) is 12.8. The Labute approximate surface area is 111 Å². The Balaban J connectivity index is 2.65. The van der Waals surface area contributed by atoms with Crippen LogP contribution in [0.4, 0.5) is 0 Å². The molecule has 1 aromatic rings. The van der Waals surface area contributed by atoms with Gasteiger partial charge in [0.05, 0.1) is 0 Å². The molecule has 0 unspecified atom stereocenters. The largest absolute Gasteiger partial charge is 0.342 e. The van der Waals surface area contributed by atoms with Gasteiger partial charge in [0, 0.05) is 23.6 Å². The fourth-order valence-corrected chi connectivity index (χ4v) is 1.92. The van der Waals surface area contributed by atoms with Gasteiger partial charge in [-0.2, -0.15) is 0 Å². The summed E-state index contributed by atoms with van der Waals surface area (Å²) in [4.78, 5) is 13.8. The summed E-state index contributed by atoms with van der Waals surface area (Å²) >= 11 is 3.45. The van der Waals surface area contributed by atoms with Gasteiger partial charge in [0.25, 0.3) is 5.91 Å². The first-order valence-corrected chi connectivity index (χ1v) is 6.51. The quantitative estimate of drug-likeness (QED) is 0.847. The van der Waals surface area contributed by atoms with E-state index in [9.17, 15) is 4.79 Å². The Morgan fingerprint density at radius 3 is 2.76 bits per heavy atom. The standard InChI is InChI=1S/C13H19BrN2O/c1-10-5-6-11(9-12(10)14)13(17)16(3)8-4-7-15-2/h5-6,9,15H,4,7-8H2,1-3H3. The van der Waals surface area contributed by atoms with E-state index in [1.54, 1.807) is 4.90 Å². The molecule has 0 aliphatic carbocycles. The predicted octanol–water partition coefficient (Wildman–Crippen LogP) is 2.44. The van der Waals surface area contributed by atoms with Crippen LogP contribution in [-0.2, 0) is 0 Å². The smallest absolute Gasteiger partial charge is 0.253 e. The lowest BCUT2D eigenvalue weighted by Crippen LogP contribution is -2.29. The number of nitrogens with zero attached hydrogens (tertiary/aromatic N) is 1. The number of aryl methyl sites for hydroxylation is 1. The van der Waals surface area contributed by atoms with E-state index in [1.165, 1.54) is 0 Å². The third-order valence-corrected chi connectivity index (χ3v) is 3.54. The maximum Gasteiger partial charge on any atom is 0.253 e. The van der Waals surface area contributed by atoms with Crippen molar-refractivity contribution in [1.29, 1.82) is 0 Å². The van der Waals surface area contributed by atoms with Crippen molar-refractivity contribution in [2.45, 2.75) is 13.3 Å². The van der Waals surface area contributed by atoms with Gasteiger partial charge < -0.3 is 10.2 Å². The highest BCUT2D eigenvalue weighted by molar-refractivity contribution is 9.10. The number of nitrogens with one attached hydrogen (secondary N) is 1. The number of benzene rings is 1. The third-order valence-electron chi connectivity index (χ3n) is 2.69. The average Bonchev–Trinajstić information content (AvgIpc) is 2.32. The molecule has 0 aromatic heterocycles. The summed E-state index contributed by atoms with van der Waals surface area (Å²) in [6.07, 6.45) is 0.964. The summed E-state index contributed by atoms with van der Waals surface area (Å²) < 4.78 is 0.979. The summed E-state index contributed by atoms with van der Waals surface area (Å²) in [6, 6.07) is 5.71. The van der Waals surface area contributed by atoms with Crippen molar-refractivity contribution >= 4 is 21.8 Å². The number of carbonyl (C=O) groups excluding carboxylic acids is 1. The number of hydrogen-bond acceptors (Lipinski definition) is 2. The lowest BCUT2D eigenvalue weighted by Gasteiger charge is -2.17. The van der Waals surface area contributed by atoms with Crippen molar-refractivity contribution in [2.24, 2.45) is 0 Å². The predicted molar refractivity (Wildman–Crippen MR) is 74.4 cm³/mol. The first-order valence-electron chi connectivity index (χ1n) is 5.72. The molecule has 3 nitrogen and oxygen atoms in total. The Morgan fingerprint density at radius 1 is 1.47 bits per heavy atom. The van der Waals surface area contributed by atoms with Crippen LogP contribution in [-0.4, -0.2) is 38.0 Å². The van der Waals surface area contributed by atoms with Crippen molar-refractivity contribution in [2.75, 3.05) is 27.2 Å². The van der Waals surface area contributed by atoms with Crippen LogP contribution in [0.1, 0.15) is 22.3 Å². The lowest BCUT2D eigenvalue weighted by molar-refractivity contribution is 0.0793. The van der Waals surface area contributed by atoms with Gasteiger partial charge in [-0.05, 0) is 44.6 Å². The molecule has 0 saturated carbocycles. The number of hydrogen-bond donors (Lipinski definition) is 1. The summed E-state index contributed by atoms with van der Waals surface area (Å²) in [6.45, 7) is 3.70. The van der Waals surface area contributed by atoms with Gasteiger partial charge in [-0.25, -0.2) is 0 Å². The minimum atomic E-state index is 0.0711. The average molecular weight is 299 g/mol. The Morgan fingerprint density at radius 2 is 2.18 bits per heavy atom. The highest BCUT2D eigenvalue weighted by atomic mass is 79.9. The monoisotopic (exact) mass is 298 g/mol. The Hall–Kier alpha value is -0.870. The number of amides is 1. The van der Waals surface area contributed by atoms with Crippen LogP contribution in [0.5, 0.6) is 0 Å². The van der Waals surface area contributed by atoms with E-state index >= 15 is 0 Å². The van der Waals surface area contributed by atoms with Gasteiger partial charge >= 0.3 is 0 Å². The molecule has 1 N–H and O–H groups in total. The molecular weight excluding hydrogens is 280 g/mol. The molecule has 0 aliphatic rings. The van der Waals surface area contributed by atoms with Crippen molar-refractivity contribution in [3.05, 3.63) is 33.8 Å². The van der Waals surface area contributed by atoms with Crippen molar-refractivity contribution in [1.82, 2.24) is 10.2 Å². The minimum absolute atomic E-state index is 0.0711. The second kappa shape index (κ2) is 6.77. The van der Waals surface area contributed by atoms with Crippen LogP contribution in [0.25, 0.3) is 0 Å². The molecule has 0 atom stereocenters.